The van der Waals surface area contributed by atoms with Crippen LogP contribution in [0.15, 0.2) is 42.7 Å². The molecule has 0 saturated carbocycles. The summed E-state index contributed by atoms with van der Waals surface area (Å²) < 4.78 is 4.04. The Kier molecular flexibility index (Phi) is 3.82. The Morgan fingerprint density at radius 3 is 2.59 bits per heavy atom. The molecular weight excluding hydrogens is 338 g/mol. The molecule has 0 aromatic carbocycles. The SMILES string of the molecule is Cc1nc2ccc(N3CCN(Cc4cn5ccccc5n4)CC3)nn2c1C. The predicted octanol–water partition coefficient (Wildman–Crippen LogP) is 2.32. The van der Waals surface area contributed by atoms with Crippen molar-refractivity contribution in [1.82, 2.24) is 28.9 Å². The van der Waals surface area contributed by atoms with Crippen LogP contribution >= 0.6 is 0 Å². The molecule has 7 nitrogen and oxygen atoms in total. The molecule has 1 aliphatic rings. The molecule has 0 unspecified atom stereocenters. The van der Waals surface area contributed by atoms with Crippen molar-refractivity contribution in [3.8, 4) is 0 Å². The van der Waals surface area contributed by atoms with Gasteiger partial charge in [-0.3, -0.25) is 4.90 Å². The third-order valence-corrected chi connectivity index (χ3v) is 5.42. The second-order valence-corrected chi connectivity index (χ2v) is 7.21. The summed E-state index contributed by atoms with van der Waals surface area (Å²) in [7, 11) is 0. The molecule has 5 rings (SSSR count). The number of hydrogen-bond acceptors (Lipinski definition) is 5. The van der Waals surface area contributed by atoms with Gasteiger partial charge in [0, 0.05) is 45.1 Å². The normalized spacial score (nSPS) is 15.9. The zero-order valence-electron chi connectivity index (χ0n) is 15.7. The summed E-state index contributed by atoms with van der Waals surface area (Å²) in [5.41, 5.74) is 5.20. The summed E-state index contributed by atoms with van der Waals surface area (Å²) in [5, 5.41) is 4.80. The first-order chi connectivity index (χ1) is 13.2. The molecule has 0 bridgehead atoms. The average Bonchev–Trinajstić information content (AvgIpc) is 3.22. The molecule has 1 saturated heterocycles. The number of piperazine rings is 1. The third kappa shape index (κ3) is 2.94. The highest BCUT2D eigenvalue weighted by Gasteiger charge is 2.20. The van der Waals surface area contributed by atoms with E-state index < -0.39 is 0 Å². The van der Waals surface area contributed by atoms with Crippen molar-refractivity contribution >= 4 is 17.1 Å². The lowest BCUT2D eigenvalue weighted by atomic mass is 10.3. The Hall–Kier alpha value is -2.93. The number of aryl methyl sites for hydroxylation is 2. The number of rotatable bonds is 3. The van der Waals surface area contributed by atoms with Crippen molar-refractivity contribution in [2.24, 2.45) is 0 Å². The fraction of sp³-hybridized carbons (Fsp3) is 0.350. The third-order valence-electron chi connectivity index (χ3n) is 5.42. The van der Waals surface area contributed by atoms with Crippen LogP contribution in [-0.4, -0.2) is 55.1 Å². The zero-order valence-corrected chi connectivity index (χ0v) is 15.7. The number of aromatic nitrogens is 5. The van der Waals surface area contributed by atoms with Crippen LogP contribution in [0.4, 0.5) is 5.82 Å². The molecule has 0 atom stereocenters. The molecule has 138 valence electrons. The Bertz CT molecular complexity index is 1070. The highest BCUT2D eigenvalue weighted by Crippen LogP contribution is 2.18. The van der Waals surface area contributed by atoms with E-state index in [-0.39, 0.29) is 0 Å². The van der Waals surface area contributed by atoms with Crippen LogP contribution < -0.4 is 4.90 Å². The number of pyridine rings is 1. The van der Waals surface area contributed by atoms with Crippen molar-refractivity contribution in [3.05, 3.63) is 59.8 Å². The lowest BCUT2D eigenvalue weighted by Gasteiger charge is -2.34. The van der Waals surface area contributed by atoms with Crippen molar-refractivity contribution in [1.29, 1.82) is 0 Å². The Balaban J connectivity index is 1.27. The fourth-order valence-electron chi connectivity index (χ4n) is 3.74. The smallest absolute Gasteiger partial charge is 0.154 e. The lowest BCUT2D eigenvalue weighted by molar-refractivity contribution is 0.247. The van der Waals surface area contributed by atoms with Gasteiger partial charge >= 0.3 is 0 Å². The maximum Gasteiger partial charge on any atom is 0.154 e. The van der Waals surface area contributed by atoms with Crippen molar-refractivity contribution in [2.75, 3.05) is 31.1 Å². The van der Waals surface area contributed by atoms with Crippen LogP contribution in [-0.2, 0) is 6.54 Å². The van der Waals surface area contributed by atoms with E-state index >= 15 is 0 Å². The van der Waals surface area contributed by atoms with Gasteiger partial charge in [-0.05, 0) is 38.1 Å². The molecule has 0 spiro atoms. The van der Waals surface area contributed by atoms with E-state index in [1.165, 1.54) is 0 Å². The summed E-state index contributed by atoms with van der Waals surface area (Å²) in [4.78, 5) is 14.1. The first-order valence-electron chi connectivity index (χ1n) is 9.40. The molecule has 5 heterocycles. The van der Waals surface area contributed by atoms with Crippen molar-refractivity contribution in [3.63, 3.8) is 0 Å². The molecule has 0 radical (unpaired) electrons. The van der Waals surface area contributed by atoms with Crippen LogP contribution in [0.25, 0.3) is 11.3 Å². The van der Waals surface area contributed by atoms with E-state index in [1.54, 1.807) is 0 Å². The molecule has 0 N–H and O–H groups in total. The van der Waals surface area contributed by atoms with Crippen molar-refractivity contribution in [2.45, 2.75) is 20.4 Å². The molecule has 7 heteroatoms. The Morgan fingerprint density at radius 2 is 1.78 bits per heavy atom. The largest absolute Gasteiger partial charge is 0.353 e. The molecule has 4 aromatic rings. The first kappa shape index (κ1) is 16.3. The quantitative estimate of drug-likeness (QED) is 0.561. The van der Waals surface area contributed by atoms with Gasteiger partial charge in [-0.2, -0.15) is 0 Å². The van der Waals surface area contributed by atoms with Crippen LogP contribution in [0.1, 0.15) is 17.1 Å². The Labute approximate surface area is 157 Å². The summed E-state index contributed by atoms with van der Waals surface area (Å²) in [5.74, 6) is 1.02. The maximum absolute atomic E-state index is 4.80. The Morgan fingerprint density at radius 1 is 0.926 bits per heavy atom. The molecule has 0 aliphatic carbocycles. The maximum atomic E-state index is 4.80. The first-order valence-corrected chi connectivity index (χ1v) is 9.40. The van der Waals surface area contributed by atoms with Gasteiger partial charge in [0.1, 0.15) is 11.5 Å². The van der Waals surface area contributed by atoms with E-state index in [0.717, 1.165) is 66.9 Å². The van der Waals surface area contributed by atoms with E-state index in [4.69, 9.17) is 10.1 Å². The van der Waals surface area contributed by atoms with Gasteiger partial charge in [-0.15, -0.1) is 5.10 Å². The van der Waals surface area contributed by atoms with Gasteiger partial charge in [0.2, 0.25) is 0 Å². The molecule has 1 aliphatic heterocycles. The topological polar surface area (TPSA) is 54.0 Å². The average molecular weight is 361 g/mol. The van der Waals surface area contributed by atoms with E-state index in [0.29, 0.717) is 0 Å². The minimum absolute atomic E-state index is 0.891. The summed E-state index contributed by atoms with van der Waals surface area (Å²) >= 11 is 0. The highest BCUT2D eigenvalue weighted by molar-refractivity contribution is 5.48. The minimum atomic E-state index is 0.891. The van der Waals surface area contributed by atoms with Crippen LogP contribution in [0.3, 0.4) is 0 Å². The van der Waals surface area contributed by atoms with Crippen LogP contribution in [0.5, 0.6) is 0 Å². The second-order valence-electron chi connectivity index (χ2n) is 7.21. The molecule has 1 fully saturated rings. The summed E-state index contributed by atoms with van der Waals surface area (Å²) in [6.07, 6.45) is 4.17. The van der Waals surface area contributed by atoms with Gasteiger partial charge < -0.3 is 9.30 Å². The lowest BCUT2D eigenvalue weighted by Crippen LogP contribution is -2.46. The van der Waals surface area contributed by atoms with Gasteiger partial charge in [0.25, 0.3) is 0 Å². The molecular formula is C20H23N7. The highest BCUT2D eigenvalue weighted by atomic mass is 15.4. The van der Waals surface area contributed by atoms with Crippen molar-refractivity contribution < 1.29 is 0 Å². The number of hydrogen-bond donors (Lipinski definition) is 0. The van der Waals surface area contributed by atoms with Crippen LogP contribution in [0, 0.1) is 13.8 Å². The standard InChI is InChI=1S/C20H23N7/c1-15-16(2)27-19(21-15)6-7-20(23-27)25-11-9-24(10-12-25)13-17-14-26-8-4-3-5-18(26)22-17/h3-8,14H,9-13H2,1-2H3. The zero-order chi connectivity index (χ0) is 18.4. The minimum Gasteiger partial charge on any atom is -0.353 e. The van der Waals surface area contributed by atoms with E-state index in [1.807, 2.05) is 35.8 Å². The predicted molar refractivity (Wildman–Crippen MR) is 105 cm³/mol. The van der Waals surface area contributed by atoms with Crippen LogP contribution in [0.2, 0.25) is 0 Å². The monoisotopic (exact) mass is 361 g/mol. The van der Waals surface area contributed by atoms with Gasteiger partial charge in [0.15, 0.2) is 5.65 Å². The molecule has 27 heavy (non-hydrogen) atoms. The summed E-state index contributed by atoms with van der Waals surface area (Å²) in [6, 6.07) is 10.2. The van der Waals surface area contributed by atoms with E-state index in [2.05, 4.69) is 44.4 Å². The second kappa shape index (κ2) is 6.35. The summed E-state index contributed by atoms with van der Waals surface area (Å²) in [6.45, 7) is 8.95. The molecule has 0 amide bonds. The number of fused-ring (bicyclic) bond motifs is 2. The number of imidazole rings is 2. The fourth-order valence-corrected chi connectivity index (χ4v) is 3.74. The molecule has 4 aromatic heterocycles. The number of nitrogens with zero attached hydrogens (tertiary/aromatic N) is 7. The number of anilines is 1. The van der Waals surface area contributed by atoms with Gasteiger partial charge in [-0.25, -0.2) is 14.5 Å². The van der Waals surface area contributed by atoms with Gasteiger partial charge in [0.05, 0.1) is 17.1 Å². The van der Waals surface area contributed by atoms with E-state index in [9.17, 15) is 0 Å². The van der Waals surface area contributed by atoms with Gasteiger partial charge in [-0.1, -0.05) is 6.07 Å².